The number of aromatic nitrogens is 2. The molecule has 2 aromatic carbocycles. The molecule has 3 aromatic rings. The van der Waals surface area contributed by atoms with E-state index in [-0.39, 0.29) is 5.82 Å². The number of benzene rings is 2. The average molecular weight is 368 g/mol. The van der Waals surface area contributed by atoms with Gasteiger partial charge in [0.15, 0.2) is 0 Å². The monoisotopic (exact) mass is 366 g/mol. The molecule has 0 bridgehead atoms. The first-order valence-electron chi connectivity index (χ1n) is 6.52. The highest BCUT2D eigenvalue weighted by Crippen LogP contribution is 2.30. The summed E-state index contributed by atoms with van der Waals surface area (Å²) < 4.78 is 16.1. The molecule has 5 heteroatoms. The van der Waals surface area contributed by atoms with Gasteiger partial charge in [0, 0.05) is 0 Å². The summed E-state index contributed by atoms with van der Waals surface area (Å²) in [5, 5.41) is 0. The molecule has 0 saturated heterocycles. The van der Waals surface area contributed by atoms with Crippen LogP contribution < -0.4 is 0 Å². The number of para-hydroxylation sites is 1. The number of hydrogen-bond donors (Lipinski definition) is 0. The van der Waals surface area contributed by atoms with Crippen molar-refractivity contribution in [3.05, 3.63) is 57.6 Å². The zero-order valence-electron chi connectivity index (χ0n) is 11.6. The third-order valence-electron chi connectivity index (χ3n) is 3.55. The summed E-state index contributed by atoms with van der Waals surface area (Å²) in [5.41, 5.74) is 4.73. The lowest BCUT2D eigenvalue weighted by Crippen LogP contribution is -2.03. The summed E-state index contributed by atoms with van der Waals surface area (Å²) >= 11 is 9.31. The van der Waals surface area contributed by atoms with Crippen LogP contribution in [0.4, 0.5) is 4.39 Å². The number of alkyl halides is 1. The minimum Gasteiger partial charge on any atom is -0.295 e. The topological polar surface area (TPSA) is 17.8 Å². The summed E-state index contributed by atoms with van der Waals surface area (Å²) in [4.78, 5) is 4.58. The van der Waals surface area contributed by atoms with Gasteiger partial charge in [-0.15, -0.1) is 11.6 Å². The van der Waals surface area contributed by atoms with Crippen molar-refractivity contribution < 1.29 is 4.39 Å². The zero-order valence-corrected chi connectivity index (χ0v) is 14.0. The molecule has 1 aromatic heterocycles. The van der Waals surface area contributed by atoms with Crippen molar-refractivity contribution in [3.8, 4) is 5.69 Å². The van der Waals surface area contributed by atoms with E-state index < -0.39 is 0 Å². The maximum atomic E-state index is 13.7. The Bertz CT molecular complexity index is 842. The molecule has 1 heterocycles. The molecule has 0 spiro atoms. The standard InChI is InChI=1S/C16H13BrClFN2/c1-9-4-3-5-13-16(9)21(15(8-18)20-13)14-7-11(17)12(19)6-10(14)2/h3-7H,8H2,1-2H3. The Morgan fingerprint density at radius 3 is 2.71 bits per heavy atom. The quantitative estimate of drug-likeness (QED) is 0.563. The normalized spacial score (nSPS) is 11.3. The molecule has 108 valence electrons. The van der Waals surface area contributed by atoms with Gasteiger partial charge >= 0.3 is 0 Å². The largest absolute Gasteiger partial charge is 0.295 e. The van der Waals surface area contributed by atoms with E-state index in [0.717, 1.165) is 33.7 Å². The molecule has 0 unspecified atom stereocenters. The van der Waals surface area contributed by atoms with E-state index in [4.69, 9.17) is 11.6 Å². The van der Waals surface area contributed by atoms with Crippen LogP contribution in [0, 0.1) is 19.7 Å². The fourth-order valence-corrected chi connectivity index (χ4v) is 3.08. The van der Waals surface area contributed by atoms with Gasteiger partial charge in [-0.25, -0.2) is 9.37 Å². The maximum absolute atomic E-state index is 13.7. The zero-order chi connectivity index (χ0) is 15.1. The second-order valence-corrected chi connectivity index (χ2v) is 6.11. The number of hydrogen-bond acceptors (Lipinski definition) is 1. The third-order valence-corrected chi connectivity index (χ3v) is 4.39. The molecule has 0 amide bonds. The van der Waals surface area contributed by atoms with E-state index in [9.17, 15) is 4.39 Å². The molecule has 0 atom stereocenters. The molecule has 0 saturated carbocycles. The van der Waals surface area contributed by atoms with Crippen molar-refractivity contribution in [1.82, 2.24) is 9.55 Å². The van der Waals surface area contributed by atoms with Crippen LogP contribution in [0.1, 0.15) is 17.0 Å². The van der Waals surface area contributed by atoms with Crippen LogP contribution in [0.5, 0.6) is 0 Å². The Kier molecular flexibility index (Phi) is 3.76. The first-order valence-corrected chi connectivity index (χ1v) is 7.84. The number of fused-ring (bicyclic) bond motifs is 1. The molecule has 3 rings (SSSR count). The molecule has 2 nitrogen and oxygen atoms in total. The van der Waals surface area contributed by atoms with Crippen molar-refractivity contribution in [3.63, 3.8) is 0 Å². The van der Waals surface area contributed by atoms with Gasteiger partial charge in [-0.1, -0.05) is 12.1 Å². The van der Waals surface area contributed by atoms with Crippen LogP contribution in [0.3, 0.4) is 0 Å². The number of halogens is 3. The minimum atomic E-state index is -0.273. The van der Waals surface area contributed by atoms with Crippen molar-refractivity contribution in [2.24, 2.45) is 0 Å². The van der Waals surface area contributed by atoms with E-state index in [2.05, 4.69) is 20.9 Å². The number of aryl methyl sites for hydroxylation is 2. The Morgan fingerprint density at radius 2 is 2.00 bits per heavy atom. The molecule has 0 aliphatic rings. The predicted molar refractivity (Wildman–Crippen MR) is 87.8 cm³/mol. The van der Waals surface area contributed by atoms with Gasteiger partial charge in [0.25, 0.3) is 0 Å². The van der Waals surface area contributed by atoms with Gasteiger partial charge in [0.05, 0.1) is 27.1 Å². The van der Waals surface area contributed by atoms with Crippen molar-refractivity contribution >= 4 is 38.6 Å². The highest BCUT2D eigenvalue weighted by molar-refractivity contribution is 9.10. The minimum absolute atomic E-state index is 0.273. The Morgan fingerprint density at radius 1 is 1.24 bits per heavy atom. The first kappa shape index (κ1) is 14.5. The molecule has 0 fully saturated rings. The SMILES string of the molecule is Cc1cc(F)c(Br)cc1-n1c(CCl)nc2cccc(C)c21. The fourth-order valence-electron chi connectivity index (χ4n) is 2.57. The van der Waals surface area contributed by atoms with Gasteiger partial charge in [0.2, 0.25) is 0 Å². The molecular weight excluding hydrogens is 355 g/mol. The lowest BCUT2D eigenvalue weighted by Gasteiger charge is -2.13. The molecule has 0 radical (unpaired) electrons. The van der Waals surface area contributed by atoms with Crippen LogP contribution in [0.2, 0.25) is 0 Å². The second kappa shape index (κ2) is 5.43. The molecule has 0 aliphatic carbocycles. The summed E-state index contributed by atoms with van der Waals surface area (Å²) in [6.45, 7) is 3.92. The lowest BCUT2D eigenvalue weighted by atomic mass is 10.1. The van der Waals surface area contributed by atoms with Gasteiger partial charge in [-0.2, -0.15) is 0 Å². The Balaban J connectivity index is 2.41. The van der Waals surface area contributed by atoms with Gasteiger partial charge in [-0.05, 0) is 59.1 Å². The van der Waals surface area contributed by atoms with Crippen LogP contribution in [0.25, 0.3) is 16.7 Å². The third kappa shape index (κ3) is 2.36. The van der Waals surface area contributed by atoms with Crippen LogP contribution >= 0.6 is 27.5 Å². The molecule has 0 N–H and O–H groups in total. The lowest BCUT2D eigenvalue weighted by molar-refractivity contribution is 0.619. The van der Waals surface area contributed by atoms with Crippen molar-refractivity contribution in [2.75, 3.05) is 0 Å². The summed E-state index contributed by atoms with van der Waals surface area (Å²) in [6, 6.07) is 9.26. The number of rotatable bonds is 2. The van der Waals surface area contributed by atoms with E-state index in [1.165, 1.54) is 6.07 Å². The van der Waals surface area contributed by atoms with Crippen LogP contribution in [-0.4, -0.2) is 9.55 Å². The van der Waals surface area contributed by atoms with E-state index >= 15 is 0 Å². The summed E-state index contributed by atoms with van der Waals surface area (Å²) in [7, 11) is 0. The van der Waals surface area contributed by atoms with E-state index in [0.29, 0.717) is 10.4 Å². The van der Waals surface area contributed by atoms with E-state index in [1.54, 1.807) is 6.07 Å². The first-order chi connectivity index (χ1) is 10.0. The Hall–Kier alpha value is -1.39. The van der Waals surface area contributed by atoms with Gasteiger partial charge in [0.1, 0.15) is 11.6 Å². The smallest absolute Gasteiger partial charge is 0.137 e. The molecular formula is C16H13BrClFN2. The van der Waals surface area contributed by atoms with Gasteiger partial charge in [-0.3, -0.25) is 4.57 Å². The highest BCUT2D eigenvalue weighted by atomic mass is 79.9. The average Bonchev–Trinajstić information content (AvgIpc) is 2.82. The second-order valence-electron chi connectivity index (χ2n) is 4.99. The molecule has 0 aliphatic heterocycles. The Labute approximate surface area is 135 Å². The number of nitrogens with zero attached hydrogens (tertiary/aromatic N) is 2. The van der Waals surface area contributed by atoms with Crippen molar-refractivity contribution in [1.29, 1.82) is 0 Å². The fraction of sp³-hybridized carbons (Fsp3) is 0.188. The van der Waals surface area contributed by atoms with Crippen molar-refractivity contribution in [2.45, 2.75) is 19.7 Å². The number of imidazole rings is 1. The van der Waals surface area contributed by atoms with Crippen LogP contribution in [-0.2, 0) is 5.88 Å². The predicted octanol–water partition coefficient (Wildman–Crippen LogP) is 5.28. The highest BCUT2D eigenvalue weighted by Gasteiger charge is 2.16. The summed E-state index contributed by atoms with van der Waals surface area (Å²) in [6.07, 6.45) is 0. The molecule has 21 heavy (non-hydrogen) atoms. The summed E-state index contributed by atoms with van der Waals surface area (Å²) in [5.74, 6) is 0.773. The van der Waals surface area contributed by atoms with Crippen LogP contribution in [0.15, 0.2) is 34.8 Å². The maximum Gasteiger partial charge on any atom is 0.137 e. The van der Waals surface area contributed by atoms with Gasteiger partial charge < -0.3 is 0 Å². The van der Waals surface area contributed by atoms with E-state index in [1.807, 2.05) is 36.6 Å².